The molecule has 4 heteroatoms. The van der Waals surface area contributed by atoms with E-state index in [1.807, 2.05) is 4.90 Å². The monoisotopic (exact) mass is 305 g/mol. The van der Waals surface area contributed by atoms with E-state index in [0.717, 1.165) is 31.0 Å². The lowest BCUT2D eigenvalue weighted by atomic mass is 9.94. The largest absolute Gasteiger partial charge is 0.395 e. The summed E-state index contributed by atoms with van der Waals surface area (Å²) in [6.45, 7) is 0.596. The minimum absolute atomic E-state index is 0.0840. The molecule has 1 aliphatic carbocycles. The Morgan fingerprint density at radius 3 is 2.53 bits per heavy atom. The van der Waals surface area contributed by atoms with Crippen molar-refractivity contribution in [1.29, 1.82) is 0 Å². The minimum atomic E-state index is 0.0840. The molecule has 3 nitrogen and oxygen atoms in total. The minimum Gasteiger partial charge on any atom is -0.395 e. The van der Waals surface area contributed by atoms with Crippen LogP contribution in [-0.4, -0.2) is 40.4 Å². The Balaban J connectivity index is 2.42. The van der Waals surface area contributed by atoms with Gasteiger partial charge in [-0.15, -0.1) is 0 Å². The molecule has 1 rings (SSSR count). The molecule has 0 aliphatic heterocycles. The summed E-state index contributed by atoms with van der Waals surface area (Å²) in [5.41, 5.74) is 0. The van der Waals surface area contributed by atoms with Gasteiger partial charge in [-0.25, -0.2) is 0 Å². The van der Waals surface area contributed by atoms with Gasteiger partial charge in [0.1, 0.15) is 0 Å². The maximum atomic E-state index is 12.1. The number of rotatable bonds is 7. The van der Waals surface area contributed by atoms with E-state index in [-0.39, 0.29) is 12.5 Å². The number of carbonyl (C=O) groups excluding carboxylic acids is 1. The third-order valence-corrected chi connectivity index (χ3v) is 4.01. The third kappa shape index (κ3) is 5.38. The van der Waals surface area contributed by atoms with Gasteiger partial charge in [0.25, 0.3) is 0 Å². The van der Waals surface area contributed by atoms with Gasteiger partial charge in [0.15, 0.2) is 0 Å². The summed E-state index contributed by atoms with van der Waals surface area (Å²) in [4.78, 5) is 14.0. The SMILES string of the molecule is O=C(CCCCBr)N(CCO)C1CCCCC1. The van der Waals surface area contributed by atoms with Crippen molar-refractivity contribution in [2.45, 2.75) is 57.4 Å². The number of amides is 1. The summed E-state index contributed by atoms with van der Waals surface area (Å²) >= 11 is 3.38. The molecule has 0 spiro atoms. The molecule has 1 saturated carbocycles. The number of unbranched alkanes of at least 4 members (excludes halogenated alkanes) is 1. The first kappa shape index (κ1) is 15.0. The Kier molecular flexibility index (Phi) is 7.86. The summed E-state index contributed by atoms with van der Waals surface area (Å²) in [6.07, 6.45) is 8.59. The predicted molar refractivity (Wildman–Crippen MR) is 73.3 cm³/mol. The highest BCUT2D eigenvalue weighted by atomic mass is 79.9. The number of hydrogen-bond acceptors (Lipinski definition) is 2. The van der Waals surface area contributed by atoms with Crippen molar-refractivity contribution < 1.29 is 9.90 Å². The number of nitrogens with zero attached hydrogens (tertiary/aromatic N) is 1. The molecule has 0 atom stereocenters. The molecule has 1 N–H and O–H groups in total. The fourth-order valence-electron chi connectivity index (χ4n) is 2.53. The van der Waals surface area contributed by atoms with E-state index in [1.54, 1.807) is 0 Å². The average molecular weight is 306 g/mol. The zero-order chi connectivity index (χ0) is 12.5. The molecular formula is C13H24BrNO2. The zero-order valence-corrected chi connectivity index (χ0v) is 12.1. The summed E-state index contributed by atoms with van der Waals surface area (Å²) in [5, 5.41) is 10.0. The van der Waals surface area contributed by atoms with Crippen molar-refractivity contribution in [3.05, 3.63) is 0 Å². The number of halogens is 1. The zero-order valence-electron chi connectivity index (χ0n) is 10.5. The van der Waals surface area contributed by atoms with Crippen molar-refractivity contribution in [3.8, 4) is 0 Å². The lowest BCUT2D eigenvalue weighted by molar-refractivity contribution is -0.134. The first-order valence-corrected chi connectivity index (χ1v) is 7.88. The standard InChI is InChI=1S/C13H24BrNO2/c14-9-5-4-8-13(17)15(10-11-16)12-6-2-1-3-7-12/h12,16H,1-11H2. The van der Waals surface area contributed by atoms with Crippen LogP contribution in [0.1, 0.15) is 51.4 Å². The first-order chi connectivity index (χ1) is 8.29. The second kappa shape index (κ2) is 8.92. The van der Waals surface area contributed by atoms with Crippen LogP contribution in [0, 0.1) is 0 Å². The first-order valence-electron chi connectivity index (χ1n) is 6.76. The number of aliphatic hydroxyl groups is 1. The molecule has 0 unspecified atom stereocenters. The molecule has 1 fully saturated rings. The van der Waals surface area contributed by atoms with Crippen LogP contribution in [0.3, 0.4) is 0 Å². The smallest absolute Gasteiger partial charge is 0.222 e. The van der Waals surface area contributed by atoms with E-state index in [9.17, 15) is 4.79 Å². The molecular weight excluding hydrogens is 282 g/mol. The second-order valence-corrected chi connectivity index (χ2v) is 5.54. The number of alkyl halides is 1. The van der Waals surface area contributed by atoms with Gasteiger partial charge < -0.3 is 10.0 Å². The molecule has 0 aromatic heterocycles. The Labute approximate surface area is 113 Å². The topological polar surface area (TPSA) is 40.5 Å². The molecule has 0 radical (unpaired) electrons. The van der Waals surface area contributed by atoms with E-state index in [1.165, 1.54) is 19.3 Å². The van der Waals surface area contributed by atoms with Crippen molar-refractivity contribution in [3.63, 3.8) is 0 Å². The van der Waals surface area contributed by atoms with E-state index in [0.29, 0.717) is 19.0 Å². The van der Waals surface area contributed by atoms with Gasteiger partial charge in [-0.1, -0.05) is 35.2 Å². The van der Waals surface area contributed by atoms with Crippen LogP contribution in [0.25, 0.3) is 0 Å². The van der Waals surface area contributed by atoms with Crippen molar-refractivity contribution in [1.82, 2.24) is 4.90 Å². The summed E-state index contributed by atoms with van der Waals surface area (Å²) < 4.78 is 0. The maximum absolute atomic E-state index is 12.1. The maximum Gasteiger partial charge on any atom is 0.222 e. The third-order valence-electron chi connectivity index (χ3n) is 3.45. The molecule has 0 aromatic rings. The molecule has 1 aliphatic rings. The molecule has 0 aromatic carbocycles. The predicted octanol–water partition coefficient (Wildman–Crippen LogP) is 2.71. The molecule has 0 heterocycles. The van der Waals surface area contributed by atoms with Gasteiger partial charge in [0, 0.05) is 24.3 Å². The van der Waals surface area contributed by atoms with Gasteiger partial charge in [0.05, 0.1) is 6.61 Å². The Bertz CT molecular complexity index is 217. The highest BCUT2D eigenvalue weighted by Crippen LogP contribution is 2.23. The number of aliphatic hydroxyl groups excluding tert-OH is 1. The highest BCUT2D eigenvalue weighted by molar-refractivity contribution is 9.09. The number of hydrogen-bond donors (Lipinski definition) is 1. The van der Waals surface area contributed by atoms with Crippen molar-refractivity contribution in [2.24, 2.45) is 0 Å². The molecule has 0 bridgehead atoms. The van der Waals surface area contributed by atoms with Gasteiger partial charge >= 0.3 is 0 Å². The van der Waals surface area contributed by atoms with Crippen LogP contribution in [0.15, 0.2) is 0 Å². The van der Waals surface area contributed by atoms with Gasteiger partial charge in [0.2, 0.25) is 5.91 Å². The lowest BCUT2D eigenvalue weighted by Gasteiger charge is -2.34. The van der Waals surface area contributed by atoms with E-state index < -0.39 is 0 Å². The molecule has 17 heavy (non-hydrogen) atoms. The van der Waals surface area contributed by atoms with Crippen LogP contribution < -0.4 is 0 Å². The van der Waals surface area contributed by atoms with Crippen LogP contribution in [0.5, 0.6) is 0 Å². The van der Waals surface area contributed by atoms with E-state index in [2.05, 4.69) is 15.9 Å². The van der Waals surface area contributed by atoms with Gasteiger partial charge in [-0.2, -0.15) is 0 Å². The lowest BCUT2D eigenvalue weighted by Crippen LogP contribution is -2.43. The van der Waals surface area contributed by atoms with Crippen LogP contribution >= 0.6 is 15.9 Å². The van der Waals surface area contributed by atoms with Crippen molar-refractivity contribution in [2.75, 3.05) is 18.5 Å². The molecule has 100 valence electrons. The van der Waals surface area contributed by atoms with E-state index in [4.69, 9.17) is 5.11 Å². The van der Waals surface area contributed by atoms with Crippen LogP contribution in [0.2, 0.25) is 0 Å². The Hall–Kier alpha value is -0.0900. The summed E-state index contributed by atoms with van der Waals surface area (Å²) in [5.74, 6) is 0.229. The summed E-state index contributed by atoms with van der Waals surface area (Å²) in [7, 11) is 0. The molecule has 0 saturated heterocycles. The fourth-order valence-corrected chi connectivity index (χ4v) is 2.92. The Morgan fingerprint density at radius 1 is 1.24 bits per heavy atom. The highest BCUT2D eigenvalue weighted by Gasteiger charge is 2.24. The molecule has 1 amide bonds. The quantitative estimate of drug-likeness (QED) is 0.580. The second-order valence-electron chi connectivity index (χ2n) is 4.75. The average Bonchev–Trinajstić information content (AvgIpc) is 2.37. The van der Waals surface area contributed by atoms with E-state index >= 15 is 0 Å². The van der Waals surface area contributed by atoms with Gasteiger partial charge in [-0.05, 0) is 25.7 Å². The van der Waals surface area contributed by atoms with Crippen molar-refractivity contribution >= 4 is 21.8 Å². The summed E-state index contributed by atoms with van der Waals surface area (Å²) in [6, 6.07) is 0.382. The van der Waals surface area contributed by atoms with Gasteiger partial charge in [-0.3, -0.25) is 4.79 Å². The van der Waals surface area contributed by atoms with Crippen LogP contribution in [-0.2, 0) is 4.79 Å². The number of carbonyl (C=O) groups is 1. The fraction of sp³-hybridized carbons (Fsp3) is 0.923. The van der Waals surface area contributed by atoms with Crippen LogP contribution in [0.4, 0.5) is 0 Å². The Morgan fingerprint density at radius 2 is 1.94 bits per heavy atom. The normalized spacial score (nSPS) is 17.1.